The molecule has 126 valence electrons. The van der Waals surface area contributed by atoms with Crippen molar-refractivity contribution in [1.29, 1.82) is 0 Å². The molecule has 0 saturated carbocycles. The molecule has 24 heavy (non-hydrogen) atoms. The molecule has 6 nitrogen and oxygen atoms in total. The Morgan fingerprint density at radius 3 is 2.42 bits per heavy atom. The normalized spacial score (nSPS) is 15.8. The summed E-state index contributed by atoms with van der Waals surface area (Å²) in [4.78, 5) is 25.9. The van der Waals surface area contributed by atoms with Gasteiger partial charge in [-0.25, -0.2) is 14.4 Å². The topological polar surface area (TPSA) is 62.2 Å². The molecule has 0 atom stereocenters. The van der Waals surface area contributed by atoms with Crippen LogP contribution in [-0.4, -0.2) is 40.5 Å². The molecule has 0 radical (unpaired) electrons. The monoisotopic (exact) mass is 341 g/mol. The molecule has 2 aromatic rings. The van der Waals surface area contributed by atoms with E-state index in [9.17, 15) is 22.4 Å². The first kappa shape index (κ1) is 16.1. The van der Waals surface area contributed by atoms with E-state index in [4.69, 9.17) is 0 Å². The number of nitrogens with zero attached hydrogens (tertiary/aromatic N) is 5. The lowest BCUT2D eigenvalue weighted by atomic mass is 10.2. The Bertz CT molecular complexity index is 750. The van der Waals surface area contributed by atoms with Crippen LogP contribution in [0, 0.1) is 5.82 Å². The predicted octanol–water partition coefficient (Wildman–Crippen LogP) is 1.88. The van der Waals surface area contributed by atoms with Gasteiger partial charge in [-0.2, -0.15) is 13.2 Å². The van der Waals surface area contributed by atoms with Crippen LogP contribution in [0.5, 0.6) is 0 Å². The molecule has 0 N–H and O–H groups in total. The number of hydrogen-bond donors (Lipinski definition) is 0. The van der Waals surface area contributed by atoms with Crippen LogP contribution in [0.15, 0.2) is 30.7 Å². The molecule has 0 aromatic carbocycles. The Morgan fingerprint density at radius 1 is 1.08 bits per heavy atom. The Morgan fingerprint density at radius 2 is 1.79 bits per heavy atom. The van der Waals surface area contributed by atoms with Crippen LogP contribution < -0.4 is 9.80 Å². The summed E-state index contributed by atoms with van der Waals surface area (Å²) in [5.41, 5.74) is -0.931. The largest absolute Gasteiger partial charge is 0.433 e. The molecule has 1 aliphatic rings. The fourth-order valence-electron chi connectivity index (χ4n) is 2.33. The van der Waals surface area contributed by atoms with Crippen molar-refractivity contribution in [3.05, 3.63) is 42.2 Å². The summed E-state index contributed by atoms with van der Waals surface area (Å²) in [6.45, 7) is 0.344. The number of piperazine rings is 1. The van der Waals surface area contributed by atoms with E-state index in [-0.39, 0.29) is 24.7 Å². The van der Waals surface area contributed by atoms with Gasteiger partial charge in [-0.15, -0.1) is 0 Å². The number of halogens is 4. The molecule has 0 bridgehead atoms. The van der Waals surface area contributed by atoms with Gasteiger partial charge in [0.05, 0.1) is 12.4 Å². The van der Waals surface area contributed by atoms with Gasteiger partial charge in [0.2, 0.25) is 11.9 Å². The van der Waals surface area contributed by atoms with Gasteiger partial charge in [0.15, 0.2) is 5.82 Å². The quantitative estimate of drug-likeness (QED) is 0.781. The van der Waals surface area contributed by atoms with Gasteiger partial charge in [-0.3, -0.25) is 9.78 Å². The molecule has 2 aromatic heterocycles. The first-order valence-corrected chi connectivity index (χ1v) is 6.91. The minimum atomic E-state index is -4.58. The molecule has 1 fully saturated rings. The van der Waals surface area contributed by atoms with Crippen molar-refractivity contribution >= 4 is 17.5 Å². The number of anilines is 2. The maximum absolute atomic E-state index is 12.8. The number of aromatic nitrogens is 3. The van der Waals surface area contributed by atoms with E-state index in [0.717, 1.165) is 24.7 Å². The van der Waals surface area contributed by atoms with E-state index in [1.54, 1.807) is 0 Å². The summed E-state index contributed by atoms with van der Waals surface area (Å²) in [5, 5.41) is 0. The highest BCUT2D eigenvalue weighted by Gasteiger charge is 2.34. The molecule has 0 aliphatic carbocycles. The lowest BCUT2D eigenvalue weighted by Crippen LogP contribution is -2.51. The number of alkyl halides is 3. The van der Waals surface area contributed by atoms with E-state index in [1.807, 2.05) is 0 Å². The minimum Gasteiger partial charge on any atom is -0.330 e. The third-order valence-electron chi connectivity index (χ3n) is 3.46. The molecule has 1 aliphatic heterocycles. The lowest BCUT2D eigenvalue weighted by Gasteiger charge is -2.34. The van der Waals surface area contributed by atoms with E-state index >= 15 is 0 Å². The molecular weight excluding hydrogens is 330 g/mol. The van der Waals surface area contributed by atoms with Crippen LogP contribution in [0.3, 0.4) is 0 Å². The number of carbonyl (C=O) groups is 1. The fourth-order valence-corrected chi connectivity index (χ4v) is 2.33. The van der Waals surface area contributed by atoms with Crippen molar-refractivity contribution in [1.82, 2.24) is 15.0 Å². The SMILES string of the molecule is O=C1CN(c2ncc(F)cn2)CCN1c1ccnc(C(F)(F)F)c1. The number of rotatable bonds is 2. The molecule has 0 spiro atoms. The van der Waals surface area contributed by atoms with Gasteiger partial charge in [0.1, 0.15) is 12.2 Å². The van der Waals surface area contributed by atoms with E-state index in [2.05, 4.69) is 15.0 Å². The first-order valence-electron chi connectivity index (χ1n) is 6.91. The molecule has 3 rings (SSSR count). The third-order valence-corrected chi connectivity index (χ3v) is 3.46. The average Bonchev–Trinajstić information content (AvgIpc) is 2.55. The second-order valence-electron chi connectivity index (χ2n) is 5.07. The molecule has 1 amide bonds. The van der Waals surface area contributed by atoms with Crippen LogP contribution in [0.2, 0.25) is 0 Å². The summed E-state index contributed by atoms with van der Waals surface area (Å²) in [5.74, 6) is -0.816. The van der Waals surface area contributed by atoms with Crippen LogP contribution in [0.25, 0.3) is 0 Å². The second kappa shape index (κ2) is 6.02. The van der Waals surface area contributed by atoms with E-state index in [0.29, 0.717) is 6.54 Å². The van der Waals surface area contributed by atoms with Crippen molar-refractivity contribution in [2.75, 3.05) is 29.4 Å². The predicted molar refractivity (Wildman–Crippen MR) is 75.8 cm³/mol. The van der Waals surface area contributed by atoms with Crippen molar-refractivity contribution in [3.63, 3.8) is 0 Å². The van der Waals surface area contributed by atoms with Gasteiger partial charge in [0, 0.05) is 25.0 Å². The summed E-state index contributed by atoms with van der Waals surface area (Å²) in [6.07, 6.45) is -1.60. The van der Waals surface area contributed by atoms with E-state index in [1.165, 1.54) is 15.9 Å². The number of amides is 1. The minimum absolute atomic E-state index is 0.116. The van der Waals surface area contributed by atoms with Gasteiger partial charge >= 0.3 is 6.18 Å². The molecule has 3 heterocycles. The number of hydrogen-bond acceptors (Lipinski definition) is 5. The maximum Gasteiger partial charge on any atom is 0.433 e. The fraction of sp³-hybridized carbons (Fsp3) is 0.286. The smallest absolute Gasteiger partial charge is 0.330 e. The summed E-state index contributed by atoms with van der Waals surface area (Å²) in [7, 11) is 0. The zero-order valence-electron chi connectivity index (χ0n) is 12.2. The summed E-state index contributed by atoms with van der Waals surface area (Å²) < 4.78 is 51.0. The summed E-state index contributed by atoms with van der Waals surface area (Å²) in [6, 6.07) is 2.18. The molecule has 1 saturated heterocycles. The first-order chi connectivity index (χ1) is 11.3. The highest BCUT2D eigenvalue weighted by atomic mass is 19.4. The van der Waals surface area contributed by atoms with Crippen LogP contribution in [0.4, 0.5) is 29.2 Å². The van der Waals surface area contributed by atoms with Crippen molar-refractivity contribution < 1.29 is 22.4 Å². The second-order valence-corrected chi connectivity index (χ2v) is 5.07. The Labute approximate surface area is 133 Å². The zero-order valence-corrected chi connectivity index (χ0v) is 12.2. The standard InChI is InChI=1S/C14H11F4N5O/c15-9-6-20-13(21-7-9)22-3-4-23(12(24)8-22)10-1-2-19-11(5-10)14(16,17)18/h1-2,5-7H,3-4,8H2. The highest BCUT2D eigenvalue weighted by molar-refractivity contribution is 5.97. The van der Waals surface area contributed by atoms with Gasteiger partial charge < -0.3 is 9.80 Å². The maximum atomic E-state index is 12.8. The Balaban J connectivity index is 1.77. The average molecular weight is 341 g/mol. The van der Waals surface area contributed by atoms with Crippen molar-refractivity contribution in [3.8, 4) is 0 Å². The van der Waals surface area contributed by atoms with Crippen LogP contribution >= 0.6 is 0 Å². The highest BCUT2D eigenvalue weighted by Crippen LogP contribution is 2.30. The van der Waals surface area contributed by atoms with Gasteiger partial charge in [0.25, 0.3) is 0 Å². The van der Waals surface area contributed by atoms with Gasteiger partial charge in [-0.1, -0.05) is 0 Å². The summed E-state index contributed by atoms with van der Waals surface area (Å²) >= 11 is 0. The van der Waals surface area contributed by atoms with Crippen LogP contribution in [0.1, 0.15) is 5.69 Å². The van der Waals surface area contributed by atoms with Gasteiger partial charge in [-0.05, 0) is 12.1 Å². The number of pyridine rings is 1. The third kappa shape index (κ3) is 3.26. The number of carbonyl (C=O) groups excluding carboxylic acids is 1. The lowest BCUT2D eigenvalue weighted by molar-refractivity contribution is -0.141. The molecular formula is C14H11F4N5O. The van der Waals surface area contributed by atoms with E-state index < -0.39 is 23.6 Å². The molecule has 0 unspecified atom stereocenters. The zero-order chi connectivity index (χ0) is 17.3. The molecule has 10 heteroatoms. The van der Waals surface area contributed by atoms with Crippen molar-refractivity contribution in [2.24, 2.45) is 0 Å². The Hall–Kier alpha value is -2.78. The Kier molecular flexibility index (Phi) is 4.04. The van der Waals surface area contributed by atoms with Crippen LogP contribution in [-0.2, 0) is 11.0 Å². The van der Waals surface area contributed by atoms with Crippen molar-refractivity contribution in [2.45, 2.75) is 6.18 Å².